The molecule has 1 N–H and O–H groups in total. The van der Waals surface area contributed by atoms with E-state index in [0.29, 0.717) is 16.7 Å². The number of rotatable bonds is 2. The van der Waals surface area contributed by atoms with Crippen molar-refractivity contribution in [2.75, 3.05) is 0 Å². The normalized spacial score (nSPS) is 12.7. The van der Waals surface area contributed by atoms with Gasteiger partial charge in [0.1, 0.15) is 11.4 Å². The van der Waals surface area contributed by atoms with Crippen LogP contribution in [0.4, 0.5) is 0 Å². The van der Waals surface area contributed by atoms with Crippen molar-refractivity contribution in [3.05, 3.63) is 87.7 Å². The van der Waals surface area contributed by atoms with Gasteiger partial charge in [0, 0.05) is 16.7 Å². The van der Waals surface area contributed by atoms with E-state index < -0.39 is 0 Å². The summed E-state index contributed by atoms with van der Waals surface area (Å²) in [5.74, 6) is -1.06. The number of H-pyrrole nitrogens is 1. The first-order chi connectivity index (χ1) is 11.6. The Hall–Kier alpha value is -3.34. The number of benzene rings is 2. The SMILES string of the molecule is Cc1ccc(C(=O)c2[nH]nc3c2C(=O)c2ccccc2C3=O)cc1. The van der Waals surface area contributed by atoms with E-state index in [9.17, 15) is 14.4 Å². The van der Waals surface area contributed by atoms with E-state index in [0.717, 1.165) is 5.56 Å². The van der Waals surface area contributed by atoms with Crippen molar-refractivity contribution in [1.82, 2.24) is 10.2 Å². The van der Waals surface area contributed by atoms with Crippen LogP contribution < -0.4 is 0 Å². The highest BCUT2D eigenvalue weighted by Gasteiger charge is 2.36. The molecule has 24 heavy (non-hydrogen) atoms. The molecule has 3 aromatic rings. The first-order valence-electron chi connectivity index (χ1n) is 7.46. The number of hydrogen-bond donors (Lipinski definition) is 1. The molecule has 0 fully saturated rings. The van der Waals surface area contributed by atoms with Gasteiger partial charge in [-0.1, -0.05) is 54.1 Å². The monoisotopic (exact) mass is 316 g/mol. The predicted octanol–water partition coefficient (Wildman–Crippen LogP) is 2.72. The van der Waals surface area contributed by atoms with Crippen LogP contribution in [-0.4, -0.2) is 27.5 Å². The van der Waals surface area contributed by atoms with Gasteiger partial charge >= 0.3 is 0 Å². The predicted molar refractivity (Wildman–Crippen MR) is 86.5 cm³/mol. The van der Waals surface area contributed by atoms with E-state index in [1.807, 2.05) is 19.1 Å². The highest BCUT2D eigenvalue weighted by atomic mass is 16.1. The quantitative estimate of drug-likeness (QED) is 0.577. The van der Waals surface area contributed by atoms with E-state index in [1.165, 1.54) is 0 Å². The van der Waals surface area contributed by atoms with Gasteiger partial charge in [0.25, 0.3) is 0 Å². The maximum absolute atomic E-state index is 12.8. The smallest absolute Gasteiger partial charge is 0.214 e. The molecular weight excluding hydrogens is 304 g/mol. The van der Waals surface area contributed by atoms with Crippen molar-refractivity contribution < 1.29 is 14.4 Å². The fourth-order valence-electron chi connectivity index (χ4n) is 2.88. The summed E-state index contributed by atoms with van der Waals surface area (Å²) in [6, 6.07) is 13.6. The zero-order valence-electron chi connectivity index (χ0n) is 12.8. The Morgan fingerprint density at radius 2 is 1.54 bits per heavy atom. The van der Waals surface area contributed by atoms with Gasteiger partial charge in [-0.2, -0.15) is 5.10 Å². The average molecular weight is 316 g/mol. The van der Waals surface area contributed by atoms with Crippen LogP contribution in [0.1, 0.15) is 53.6 Å². The van der Waals surface area contributed by atoms with Gasteiger partial charge in [0.2, 0.25) is 11.6 Å². The Balaban J connectivity index is 1.86. The van der Waals surface area contributed by atoms with Gasteiger partial charge in [-0.15, -0.1) is 0 Å². The standard InChI is InChI=1S/C19H12N2O3/c1-10-6-8-11(9-7-10)17(22)15-14-16(21-20-15)19(24)13-5-3-2-4-12(13)18(14)23/h2-9H,1H3,(H,20,21). The van der Waals surface area contributed by atoms with Crippen LogP contribution in [0.2, 0.25) is 0 Å². The molecule has 0 radical (unpaired) electrons. The molecule has 0 unspecified atom stereocenters. The summed E-state index contributed by atoms with van der Waals surface area (Å²) < 4.78 is 0. The average Bonchev–Trinajstić information content (AvgIpc) is 3.05. The number of aromatic amines is 1. The van der Waals surface area contributed by atoms with Gasteiger partial charge in [0.15, 0.2) is 5.78 Å². The molecule has 1 heterocycles. The molecule has 5 nitrogen and oxygen atoms in total. The second-order valence-electron chi connectivity index (χ2n) is 5.72. The lowest BCUT2D eigenvalue weighted by atomic mass is 9.86. The lowest BCUT2D eigenvalue weighted by Crippen LogP contribution is -2.22. The van der Waals surface area contributed by atoms with Crippen LogP contribution in [0.5, 0.6) is 0 Å². The third kappa shape index (κ3) is 1.95. The molecule has 1 aromatic heterocycles. The Labute approximate surface area is 137 Å². The number of ketones is 3. The summed E-state index contributed by atoms with van der Waals surface area (Å²) in [4.78, 5) is 38.0. The minimum atomic E-state index is -0.357. The molecule has 1 aliphatic rings. The van der Waals surface area contributed by atoms with Gasteiger partial charge in [0.05, 0.1) is 5.56 Å². The van der Waals surface area contributed by atoms with Crippen molar-refractivity contribution in [2.24, 2.45) is 0 Å². The summed E-state index contributed by atoms with van der Waals surface area (Å²) >= 11 is 0. The topological polar surface area (TPSA) is 79.9 Å². The van der Waals surface area contributed by atoms with Crippen molar-refractivity contribution in [3.8, 4) is 0 Å². The van der Waals surface area contributed by atoms with Crippen molar-refractivity contribution in [1.29, 1.82) is 0 Å². The number of carbonyl (C=O) groups is 3. The molecule has 0 saturated carbocycles. The minimum Gasteiger partial charge on any atom is -0.288 e. The zero-order chi connectivity index (χ0) is 16.8. The van der Waals surface area contributed by atoms with E-state index in [1.54, 1.807) is 36.4 Å². The third-order valence-corrected chi connectivity index (χ3v) is 4.17. The zero-order valence-corrected chi connectivity index (χ0v) is 12.8. The van der Waals surface area contributed by atoms with E-state index in [4.69, 9.17) is 0 Å². The third-order valence-electron chi connectivity index (χ3n) is 4.17. The van der Waals surface area contributed by atoms with Crippen LogP contribution in [0.3, 0.4) is 0 Å². The molecule has 1 aliphatic carbocycles. The van der Waals surface area contributed by atoms with Crippen LogP contribution in [0.25, 0.3) is 0 Å². The van der Waals surface area contributed by atoms with Crippen molar-refractivity contribution in [2.45, 2.75) is 6.92 Å². The van der Waals surface area contributed by atoms with Crippen LogP contribution in [-0.2, 0) is 0 Å². The lowest BCUT2D eigenvalue weighted by Gasteiger charge is -2.13. The Morgan fingerprint density at radius 3 is 2.21 bits per heavy atom. The minimum absolute atomic E-state index is 0.00848. The molecule has 0 spiro atoms. The van der Waals surface area contributed by atoms with Gasteiger partial charge in [-0.3, -0.25) is 19.5 Å². The van der Waals surface area contributed by atoms with Crippen molar-refractivity contribution in [3.63, 3.8) is 0 Å². The Kier molecular flexibility index (Phi) is 3.03. The van der Waals surface area contributed by atoms with Gasteiger partial charge < -0.3 is 0 Å². The Morgan fingerprint density at radius 1 is 0.917 bits per heavy atom. The second-order valence-corrected chi connectivity index (χ2v) is 5.72. The summed E-state index contributed by atoms with van der Waals surface area (Å²) in [6.45, 7) is 1.92. The molecule has 0 saturated heterocycles. The fraction of sp³-hybridized carbons (Fsp3) is 0.0526. The molecule has 2 aromatic carbocycles. The summed E-state index contributed by atoms with van der Waals surface area (Å²) in [7, 11) is 0. The number of carbonyl (C=O) groups excluding carboxylic acids is 3. The lowest BCUT2D eigenvalue weighted by molar-refractivity contribution is 0.0971. The first kappa shape index (κ1) is 14.3. The number of nitrogens with zero attached hydrogens (tertiary/aromatic N) is 1. The molecule has 0 amide bonds. The molecule has 0 bridgehead atoms. The summed E-state index contributed by atoms with van der Waals surface area (Å²) in [6.07, 6.45) is 0. The van der Waals surface area contributed by atoms with E-state index >= 15 is 0 Å². The molecular formula is C19H12N2O3. The number of hydrogen-bond acceptors (Lipinski definition) is 4. The van der Waals surface area contributed by atoms with E-state index in [-0.39, 0.29) is 34.3 Å². The fourth-order valence-corrected chi connectivity index (χ4v) is 2.88. The van der Waals surface area contributed by atoms with E-state index in [2.05, 4.69) is 10.2 Å². The second kappa shape index (κ2) is 5.09. The maximum Gasteiger partial charge on any atom is 0.214 e. The van der Waals surface area contributed by atoms with Gasteiger partial charge in [-0.05, 0) is 6.92 Å². The molecule has 4 rings (SSSR count). The summed E-state index contributed by atoms with van der Waals surface area (Å²) in [5.41, 5.74) is 2.20. The van der Waals surface area contributed by atoms with Crippen LogP contribution in [0, 0.1) is 6.92 Å². The summed E-state index contributed by atoms with van der Waals surface area (Å²) in [5, 5.41) is 6.52. The van der Waals surface area contributed by atoms with Crippen LogP contribution >= 0.6 is 0 Å². The van der Waals surface area contributed by atoms with Crippen molar-refractivity contribution >= 4 is 17.3 Å². The highest BCUT2D eigenvalue weighted by molar-refractivity contribution is 6.30. The molecule has 0 aliphatic heterocycles. The molecule has 5 heteroatoms. The van der Waals surface area contributed by atoms with Gasteiger partial charge in [-0.25, -0.2) is 0 Å². The highest BCUT2D eigenvalue weighted by Crippen LogP contribution is 2.28. The molecule has 0 atom stereocenters. The largest absolute Gasteiger partial charge is 0.288 e. The number of nitrogens with one attached hydrogen (secondary N) is 1. The Bertz CT molecular complexity index is 1010. The number of aryl methyl sites for hydroxylation is 1. The van der Waals surface area contributed by atoms with Crippen LogP contribution in [0.15, 0.2) is 48.5 Å². The maximum atomic E-state index is 12.8. The molecule has 116 valence electrons. The first-order valence-corrected chi connectivity index (χ1v) is 7.46. The number of fused-ring (bicyclic) bond motifs is 2. The number of aromatic nitrogens is 2.